The van der Waals surface area contributed by atoms with Crippen molar-refractivity contribution in [2.75, 3.05) is 5.73 Å². The van der Waals surface area contributed by atoms with Gasteiger partial charge in [0.15, 0.2) is 0 Å². The number of nitrogens with one attached hydrogen (secondary N) is 1. The van der Waals surface area contributed by atoms with Crippen LogP contribution in [0.15, 0.2) is 22.7 Å². The third-order valence-corrected chi connectivity index (χ3v) is 2.96. The van der Waals surface area contributed by atoms with E-state index in [0.29, 0.717) is 22.1 Å². The van der Waals surface area contributed by atoms with E-state index in [1.54, 1.807) is 25.1 Å². The second kappa shape index (κ2) is 5.67. The van der Waals surface area contributed by atoms with Crippen LogP contribution in [0, 0.1) is 0 Å². The maximum absolute atomic E-state index is 11.7. The summed E-state index contributed by atoms with van der Waals surface area (Å²) in [6.07, 6.45) is 0.331. The van der Waals surface area contributed by atoms with Crippen LogP contribution in [0.4, 0.5) is 5.69 Å². The Balaban J connectivity index is 2.82. The first-order valence-electron chi connectivity index (χ1n) is 5.04. The normalized spacial score (nSPS) is 11.9. The number of nitrogens with two attached hydrogens (primary N) is 1. The van der Waals surface area contributed by atoms with Crippen molar-refractivity contribution >= 4 is 33.5 Å². The minimum atomic E-state index is -1.05. The van der Waals surface area contributed by atoms with Crippen LogP contribution in [0.25, 0.3) is 0 Å². The first-order chi connectivity index (χ1) is 7.95. The summed E-state index contributed by atoms with van der Waals surface area (Å²) in [4.78, 5) is 22.5. The van der Waals surface area contributed by atoms with E-state index < -0.39 is 17.9 Å². The Morgan fingerprint density at radius 2 is 2.18 bits per heavy atom. The van der Waals surface area contributed by atoms with E-state index in [0.717, 1.165) is 0 Å². The molecule has 92 valence electrons. The van der Waals surface area contributed by atoms with Gasteiger partial charge in [0.1, 0.15) is 6.04 Å². The second-order valence-corrected chi connectivity index (χ2v) is 4.36. The van der Waals surface area contributed by atoms with Crippen LogP contribution in [-0.2, 0) is 4.79 Å². The fraction of sp³-hybridized carbons (Fsp3) is 0.273. The Hall–Kier alpha value is -1.56. The lowest BCUT2D eigenvalue weighted by atomic mass is 10.1. The van der Waals surface area contributed by atoms with Crippen molar-refractivity contribution < 1.29 is 14.7 Å². The van der Waals surface area contributed by atoms with E-state index in [1.807, 2.05) is 0 Å². The van der Waals surface area contributed by atoms with Gasteiger partial charge in [-0.3, -0.25) is 4.79 Å². The third kappa shape index (κ3) is 3.45. The van der Waals surface area contributed by atoms with Crippen molar-refractivity contribution in [3.63, 3.8) is 0 Å². The predicted octanol–water partition coefficient (Wildman–Crippen LogP) is 1.62. The van der Waals surface area contributed by atoms with Crippen molar-refractivity contribution in [3.05, 3.63) is 28.2 Å². The highest BCUT2D eigenvalue weighted by molar-refractivity contribution is 9.10. The van der Waals surface area contributed by atoms with Gasteiger partial charge in [-0.25, -0.2) is 4.79 Å². The smallest absolute Gasteiger partial charge is 0.326 e. The van der Waals surface area contributed by atoms with Crippen LogP contribution in [0.2, 0.25) is 0 Å². The van der Waals surface area contributed by atoms with Gasteiger partial charge in [-0.15, -0.1) is 0 Å². The monoisotopic (exact) mass is 300 g/mol. The van der Waals surface area contributed by atoms with Gasteiger partial charge in [-0.2, -0.15) is 0 Å². The summed E-state index contributed by atoms with van der Waals surface area (Å²) in [5.74, 6) is -1.48. The van der Waals surface area contributed by atoms with Crippen molar-refractivity contribution in [2.45, 2.75) is 19.4 Å². The van der Waals surface area contributed by atoms with E-state index in [4.69, 9.17) is 10.8 Å². The first kappa shape index (κ1) is 13.5. The molecule has 0 fully saturated rings. The number of hydrogen-bond donors (Lipinski definition) is 3. The Morgan fingerprint density at radius 1 is 1.53 bits per heavy atom. The second-order valence-electron chi connectivity index (χ2n) is 3.51. The molecule has 0 saturated heterocycles. The fourth-order valence-corrected chi connectivity index (χ4v) is 1.63. The van der Waals surface area contributed by atoms with Gasteiger partial charge < -0.3 is 16.2 Å². The molecule has 0 aliphatic heterocycles. The van der Waals surface area contributed by atoms with Crippen LogP contribution in [0.1, 0.15) is 23.7 Å². The Labute approximate surface area is 107 Å². The molecule has 0 aliphatic rings. The quantitative estimate of drug-likeness (QED) is 0.737. The molecule has 17 heavy (non-hydrogen) atoms. The number of carboxylic acid groups (broad SMARTS) is 1. The topological polar surface area (TPSA) is 92.4 Å². The van der Waals surface area contributed by atoms with Crippen molar-refractivity contribution in [3.8, 4) is 0 Å². The van der Waals surface area contributed by atoms with Gasteiger partial charge in [-0.1, -0.05) is 6.92 Å². The number of aliphatic carboxylic acids is 1. The number of hydrogen-bond acceptors (Lipinski definition) is 3. The van der Waals surface area contributed by atoms with Crippen LogP contribution in [0.3, 0.4) is 0 Å². The molecule has 6 heteroatoms. The van der Waals surface area contributed by atoms with Crippen LogP contribution in [0.5, 0.6) is 0 Å². The summed E-state index contributed by atoms with van der Waals surface area (Å²) in [5.41, 5.74) is 6.48. The van der Waals surface area contributed by atoms with Crippen molar-refractivity contribution in [1.29, 1.82) is 0 Å². The molecular formula is C11H13BrN2O3. The summed E-state index contributed by atoms with van der Waals surface area (Å²) in [6, 6.07) is 3.81. The van der Waals surface area contributed by atoms with E-state index in [9.17, 15) is 9.59 Å². The van der Waals surface area contributed by atoms with Gasteiger partial charge in [0, 0.05) is 15.7 Å². The van der Waals surface area contributed by atoms with E-state index in [2.05, 4.69) is 21.2 Å². The zero-order valence-electron chi connectivity index (χ0n) is 9.24. The number of nitrogen functional groups attached to an aromatic ring is 1. The van der Waals surface area contributed by atoms with Crippen LogP contribution >= 0.6 is 15.9 Å². The summed E-state index contributed by atoms with van der Waals surface area (Å²) >= 11 is 3.21. The predicted molar refractivity (Wildman–Crippen MR) is 67.7 cm³/mol. The molecule has 0 aromatic heterocycles. The van der Waals surface area contributed by atoms with Crippen LogP contribution < -0.4 is 11.1 Å². The molecule has 0 heterocycles. The molecule has 1 atom stereocenters. The molecule has 5 nitrogen and oxygen atoms in total. The molecule has 1 rings (SSSR count). The number of carbonyl (C=O) groups excluding carboxylic acids is 1. The highest BCUT2D eigenvalue weighted by atomic mass is 79.9. The zero-order valence-corrected chi connectivity index (χ0v) is 10.8. The Kier molecular flexibility index (Phi) is 4.51. The third-order valence-electron chi connectivity index (χ3n) is 2.27. The van der Waals surface area contributed by atoms with Gasteiger partial charge in [-0.05, 0) is 40.5 Å². The Morgan fingerprint density at radius 3 is 2.65 bits per heavy atom. The lowest BCUT2D eigenvalue weighted by Gasteiger charge is -2.12. The first-order valence-corrected chi connectivity index (χ1v) is 5.83. The highest BCUT2D eigenvalue weighted by Crippen LogP contribution is 2.20. The number of halogens is 1. The summed E-state index contributed by atoms with van der Waals surface area (Å²) in [6.45, 7) is 1.69. The maximum Gasteiger partial charge on any atom is 0.326 e. The Bertz CT molecular complexity index is 448. The number of anilines is 1. The fourth-order valence-electron chi connectivity index (χ4n) is 1.25. The zero-order chi connectivity index (χ0) is 13.0. The SMILES string of the molecule is CC[C@@H](NC(=O)c1ccc(N)c(Br)c1)C(=O)O. The molecule has 0 spiro atoms. The lowest BCUT2D eigenvalue weighted by Crippen LogP contribution is -2.40. The minimum absolute atomic E-state index is 0.331. The van der Waals surface area contributed by atoms with E-state index in [-0.39, 0.29) is 0 Å². The largest absolute Gasteiger partial charge is 0.480 e. The van der Waals surface area contributed by atoms with Crippen molar-refractivity contribution in [1.82, 2.24) is 5.32 Å². The maximum atomic E-state index is 11.7. The molecule has 0 bridgehead atoms. The molecule has 1 amide bonds. The number of benzene rings is 1. The molecule has 0 radical (unpaired) electrons. The minimum Gasteiger partial charge on any atom is -0.480 e. The number of rotatable bonds is 4. The average Bonchev–Trinajstić information content (AvgIpc) is 2.28. The summed E-state index contributed by atoms with van der Waals surface area (Å²) < 4.78 is 0.605. The van der Waals surface area contributed by atoms with Gasteiger partial charge >= 0.3 is 5.97 Å². The van der Waals surface area contributed by atoms with Gasteiger partial charge in [0.2, 0.25) is 0 Å². The molecular weight excluding hydrogens is 288 g/mol. The van der Waals surface area contributed by atoms with Gasteiger partial charge in [0.05, 0.1) is 0 Å². The summed E-state index contributed by atoms with van der Waals surface area (Å²) in [5, 5.41) is 11.3. The molecule has 0 saturated carbocycles. The van der Waals surface area contributed by atoms with Gasteiger partial charge in [0.25, 0.3) is 5.91 Å². The number of carboxylic acids is 1. The molecule has 1 aromatic carbocycles. The standard InChI is InChI=1S/C11H13BrN2O3/c1-2-9(11(16)17)14-10(15)6-3-4-8(13)7(12)5-6/h3-5,9H,2,13H2,1H3,(H,14,15)(H,16,17)/t9-/m1/s1. The van der Waals surface area contributed by atoms with Crippen molar-refractivity contribution in [2.24, 2.45) is 0 Å². The number of carbonyl (C=O) groups is 2. The average molecular weight is 301 g/mol. The van der Waals surface area contributed by atoms with Crippen LogP contribution in [-0.4, -0.2) is 23.0 Å². The molecule has 4 N–H and O–H groups in total. The summed E-state index contributed by atoms with van der Waals surface area (Å²) in [7, 11) is 0. The molecule has 0 aliphatic carbocycles. The van der Waals surface area contributed by atoms with E-state index in [1.165, 1.54) is 0 Å². The van der Waals surface area contributed by atoms with E-state index >= 15 is 0 Å². The lowest BCUT2D eigenvalue weighted by molar-refractivity contribution is -0.139. The number of amides is 1. The molecule has 1 aromatic rings. The molecule has 0 unspecified atom stereocenters. The highest BCUT2D eigenvalue weighted by Gasteiger charge is 2.18.